The fraction of sp³-hybridized carbons (Fsp3) is 0.357. The van der Waals surface area contributed by atoms with Gasteiger partial charge in [0.1, 0.15) is 11.6 Å². The second-order valence-corrected chi connectivity index (χ2v) is 4.73. The molecule has 0 aliphatic rings. The SMILES string of the molecule is CCc1n[nH]c(CC(C)(C(=O)O)c2ccccc2)n1. The van der Waals surface area contributed by atoms with E-state index in [0.717, 1.165) is 12.0 Å². The van der Waals surface area contributed by atoms with Gasteiger partial charge in [-0.1, -0.05) is 37.3 Å². The number of carbonyl (C=O) groups is 1. The second-order valence-electron chi connectivity index (χ2n) is 4.73. The number of carboxylic acids is 1. The summed E-state index contributed by atoms with van der Waals surface area (Å²) in [6.07, 6.45) is 1.02. The Morgan fingerprint density at radius 3 is 2.58 bits per heavy atom. The van der Waals surface area contributed by atoms with E-state index in [1.54, 1.807) is 6.92 Å². The molecule has 0 aliphatic carbocycles. The summed E-state index contributed by atoms with van der Waals surface area (Å²) in [6.45, 7) is 3.67. The molecular weight excluding hydrogens is 242 g/mol. The highest BCUT2D eigenvalue weighted by atomic mass is 16.4. The van der Waals surface area contributed by atoms with Crippen molar-refractivity contribution >= 4 is 5.97 Å². The van der Waals surface area contributed by atoms with Crippen LogP contribution in [-0.4, -0.2) is 26.3 Å². The Labute approximate surface area is 111 Å². The first-order valence-corrected chi connectivity index (χ1v) is 6.25. The molecule has 1 aromatic carbocycles. The molecule has 100 valence electrons. The Kier molecular flexibility index (Phi) is 3.64. The quantitative estimate of drug-likeness (QED) is 0.860. The number of H-pyrrole nitrogens is 1. The molecule has 2 rings (SSSR count). The number of nitrogens with zero attached hydrogens (tertiary/aromatic N) is 2. The predicted octanol–water partition coefficient (Wildman–Crippen LogP) is 1.95. The third kappa shape index (κ3) is 2.65. The maximum Gasteiger partial charge on any atom is 0.314 e. The summed E-state index contributed by atoms with van der Waals surface area (Å²) in [7, 11) is 0. The zero-order valence-corrected chi connectivity index (χ0v) is 11.1. The average molecular weight is 259 g/mol. The van der Waals surface area contributed by atoms with E-state index in [9.17, 15) is 9.90 Å². The van der Waals surface area contributed by atoms with Crippen molar-refractivity contribution in [1.29, 1.82) is 0 Å². The summed E-state index contributed by atoms with van der Waals surface area (Å²) >= 11 is 0. The van der Waals surface area contributed by atoms with Crippen LogP contribution < -0.4 is 0 Å². The standard InChI is InChI=1S/C14H17N3O2/c1-3-11-15-12(17-16-11)9-14(2,13(18)19)10-7-5-4-6-8-10/h4-8H,3,9H2,1-2H3,(H,18,19)(H,15,16,17). The van der Waals surface area contributed by atoms with Crippen molar-refractivity contribution in [3.05, 3.63) is 47.5 Å². The highest BCUT2D eigenvalue weighted by molar-refractivity contribution is 5.81. The Bertz CT molecular complexity index is 565. The van der Waals surface area contributed by atoms with Gasteiger partial charge in [0.2, 0.25) is 0 Å². The van der Waals surface area contributed by atoms with Crippen molar-refractivity contribution in [1.82, 2.24) is 15.2 Å². The van der Waals surface area contributed by atoms with Crippen LogP contribution in [0.1, 0.15) is 31.1 Å². The van der Waals surface area contributed by atoms with Crippen molar-refractivity contribution < 1.29 is 9.90 Å². The maximum absolute atomic E-state index is 11.6. The van der Waals surface area contributed by atoms with E-state index >= 15 is 0 Å². The van der Waals surface area contributed by atoms with E-state index in [0.29, 0.717) is 18.1 Å². The van der Waals surface area contributed by atoms with Crippen LogP contribution >= 0.6 is 0 Å². The lowest BCUT2D eigenvalue weighted by molar-refractivity contribution is -0.143. The number of hydrogen-bond acceptors (Lipinski definition) is 3. The monoisotopic (exact) mass is 259 g/mol. The summed E-state index contributed by atoms with van der Waals surface area (Å²) in [4.78, 5) is 15.9. The van der Waals surface area contributed by atoms with Gasteiger partial charge in [-0.25, -0.2) is 4.98 Å². The summed E-state index contributed by atoms with van der Waals surface area (Å²) in [6, 6.07) is 9.20. The predicted molar refractivity (Wildman–Crippen MR) is 70.9 cm³/mol. The first-order valence-electron chi connectivity index (χ1n) is 6.25. The molecule has 1 atom stereocenters. The molecule has 0 fully saturated rings. The molecule has 1 unspecified atom stereocenters. The number of benzene rings is 1. The Hall–Kier alpha value is -2.17. The number of aryl methyl sites for hydroxylation is 1. The smallest absolute Gasteiger partial charge is 0.314 e. The second kappa shape index (κ2) is 5.22. The Morgan fingerprint density at radius 1 is 1.37 bits per heavy atom. The minimum absolute atomic E-state index is 0.291. The number of hydrogen-bond donors (Lipinski definition) is 2. The molecule has 0 aliphatic heterocycles. The summed E-state index contributed by atoms with van der Waals surface area (Å²) < 4.78 is 0. The third-order valence-corrected chi connectivity index (χ3v) is 3.30. The van der Waals surface area contributed by atoms with Crippen molar-refractivity contribution in [3.8, 4) is 0 Å². The normalized spacial score (nSPS) is 14.0. The fourth-order valence-electron chi connectivity index (χ4n) is 2.01. The van der Waals surface area contributed by atoms with Crippen molar-refractivity contribution in [2.75, 3.05) is 0 Å². The first kappa shape index (κ1) is 13.3. The number of aliphatic carboxylic acids is 1. The van der Waals surface area contributed by atoms with Gasteiger partial charge in [-0.3, -0.25) is 9.89 Å². The molecule has 1 heterocycles. The summed E-state index contributed by atoms with van der Waals surface area (Å²) in [5.74, 6) is 0.439. The fourth-order valence-corrected chi connectivity index (χ4v) is 2.01. The Morgan fingerprint density at radius 2 is 2.05 bits per heavy atom. The first-order chi connectivity index (χ1) is 9.06. The van der Waals surface area contributed by atoms with Gasteiger partial charge in [0.05, 0.1) is 5.41 Å². The molecule has 0 bridgehead atoms. The molecule has 0 radical (unpaired) electrons. The van der Waals surface area contributed by atoms with Crippen LogP contribution in [0.2, 0.25) is 0 Å². The van der Waals surface area contributed by atoms with Gasteiger partial charge in [-0.15, -0.1) is 0 Å². The van der Waals surface area contributed by atoms with Crippen LogP contribution in [0, 0.1) is 0 Å². The van der Waals surface area contributed by atoms with Crippen molar-refractivity contribution in [2.24, 2.45) is 0 Å². The minimum atomic E-state index is -1.01. The van der Waals surface area contributed by atoms with Crippen molar-refractivity contribution in [3.63, 3.8) is 0 Å². The largest absolute Gasteiger partial charge is 0.481 e. The van der Waals surface area contributed by atoms with Crippen LogP contribution in [-0.2, 0) is 23.1 Å². The topological polar surface area (TPSA) is 78.9 Å². The zero-order chi connectivity index (χ0) is 13.9. The van der Waals surface area contributed by atoms with Crippen LogP contribution in [0.4, 0.5) is 0 Å². The van der Waals surface area contributed by atoms with E-state index < -0.39 is 11.4 Å². The third-order valence-electron chi connectivity index (χ3n) is 3.30. The molecule has 2 aromatic rings. The molecule has 1 aromatic heterocycles. The van der Waals surface area contributed by atoms with Gasteiger partial charge in [0, 0.05) is 12.8 Å². The summed E-state index contributed by atoms with van der Waals surface area (Å²) in [5.41, 5.74) is -0.247. The van der Waals surface area contributed by atoms with Gasteiger partial charge >= 0.3 is 5.97 Å². The molecule has 2 N–H and O–H groups in total. The van der Waals surface area contributed by atoms with Gasteiger partial charge in [0.15, 0.2) is 0 Å². The van der Waals surface area contributed by atoms with Crippen LogP contribution in [0.15, 0.2) is 30.3 Å². The molecular formula is C14H17N3O2. The average Bonchev–Trinajstić information content (AvgIpc) is 2.87. The van der Waals surface area contributed by atoms with Gasteiger partial charge in [-0.2, -0.15) is 5.10 Å². The molecule has 0 saturated carbocycles. The van der Waals surface area contributed by atoms with Crippen molar-refractivity contribution in [2.45, 2.75) is 32.1 Å². The summed E-state index contributed by atoms with van der Waals surface area (Å²) in [5, 5.41) is 16.4. The lowest BCUT2D eigenvalue weighted by Crippen LogP contribution is -2.35. The highest BCUT2D eigenvalue weighted by Gasteiger charge is 2.36. The van der Waals surface area contributed by atoms with Gasteiger partial charge in [0.25, 0.3) is 0 Å². The van der Waals surface area contributed by atoms with Crippen LogP contribution in [0.3, 0.4) is 0 Å². The molecule has 0 amide bonds. The number of carboxylic acid groups (broad SMARTS) is 1. The van der Waals surface area contributed by atoms with E-state index in [2.05, 4.69) is 15.2 Å². The van der Waals surface area contributed by atoms with E-state index in [1.165, 1.54) is 0 Å². The molecule has 5 nitrogen and oxygen atoms in total. The molecule has 5 heteroatoms. The van der Waals surface area contributed by atoms with E-state index in [1.807, 2.05) is 37.3 Å². The molecule has 0 spiro atoms. The molecule has 19 heavy (non-hydrogen) atoms. The van der Waals surface area contributed by atoms with Gasteiger partial charge in [-0.05, 0) is 12.5 Å². The highest BCUT2D eigenvalue weighted by Crippen LogP contribution is 2.27. The zero-order valence-electron chi connectivity index (χ0n) is 11.1. The lowest BCUT2D eigenvalue weighted by Gasteiger charge is -2.24. The number of nitrogens with one attached hydrogen (secondary N) is 1. The number of aromatic nitrogens is 3. The van der Waals surface area contributed by atoms with Crippen LogP contribution in [0.5, 0.6) is 0 Å². The molecule has 0 saturated heterocycles. The minimum Gasteiger partial charge on any atom is -0.481 e. The lowest BCUT2D eigenvalue weighted by atomic mass is 9.79. The number of aromatic amines is 1. The van der Waals surface area contributed by atoms with E-state index in [-0.39, 0.29) is 0 Å². The van der Waals surface area contributed by atoms with Gasteiger partial charge < -0.3 is 5.11 Å². The Balaban J connectivity index is 2.33. The van der Waals surface area contributed by atoms with Crippen LogP contribution in [0.25, 0.3) is 0 Å². The number of rotatable bonds is 5. The van der Waals surface area contributed by atoms with E-state index in [4.69, 9.17) is 0 Å². The maximum atomic E-state index is 11.6.